The third-order valence-corrected chi connectivity index (χ3v) is 3.71. The molecule has 0 unspecified atom stereocenters. The quantitative estimate of drug-likeness (QED) is 0.880. The Bertz CT molecular complexity index is 579. The first-order valence-corrected chi connectivity index (χ1v) is 7.00. The number of nitrogens with zero attached hydrogens (tertiary/aromatic N) is 1. The topological polar surface area (TPSA) is 17.0 Å². The van der Waals surface area contributed by atoms with Gasteiger partial charge in [0.1, 0.15) is 0 Å². The maximum Gasteiger partial charge on any atom is 0.0486 e. The highest BCUT2D eigenvalue weighted by Crippen LogP contribution is 2.24. The fraction of sp³-hybridized carbons (Fsp3) is 0.412. The first-order valence-electron chi connectivity index (χ1n) is 7.00. The van der Waals surface area contributed by atoms with Crippen LogP contribution in [-0.2, 0) is 6.54 Å². The molecule has 0 spiro atoms. The van der Waals surface area contributed by atoms with E-state index in [9.17, 15) is 0 Å². The molecule has 0 saturated heterocycles. The van der Waals surface area contributed by atoms with Gasteiger partial charge in [0.15, 0.2) is 0 Å². The van der Waals surface area contributed by atoms with Crippen LogP contribution in [-0.4, -0.2) is 11.1 Å². The molecule has 0 bridgehead atoms. The summed E-state index contributed by atoms with van der Waals surface area (Å²) in [6.07, 6.45) is 0. The maximum absolute atomic E-state index is 3.41. The Morgan fingerprint density at radius 3 is 2.47 bits per heavy atom. The van der Waals surface area contributed by atoms with Crippen molar-refractivity contribution in [1.82, 2.24) is 9.88 Å². The van der Waals surface area contributed by atoms with Crippen LogP contribution in [0.5, 0.6) is 0 Å². The van der Waals surface area contributed by atoms with Gasteiger partial charge in [-0.3, -0.25) is 0 Å². The molecule has 2 heteroatoms. The predicted octanol–water partition coefficient (Wildman–Crippen LogP) is 3.82. The zero-order valence-corrected chi connectivity index (χ0v) is 12.7. The second-order valence-electron chi connectivity index (χ2n) is 5.30. The van der Waals surface area contributed by atoms with Crippen molar-refractivity contribution in [2.75, 3.05) is 6.54 Å². The van der Waals surface area contributed by atoms with Gasteiger partial charge in [0.25, 0.3) is 0 Å². The lowest BCUT2D eigenvalue weighted by atomic mass is 10.1. The predicted molar refractivity (Wildman–Crippen MR) is 82.1 cm³/mol. The Labute approximate surface area is 116 Å². The van der Waals surface area contributed by atoms with Gasteiger partial charge in [0, 0.05) is 23.6 Å². The van der Waals surface area contributed by atoms with E-state index in [0.29, 0.717) is 0 Å². The molecule has 2 rings (SSSR count). The Morgan fingerprint density at radius 2 is 1.79 bits per heavy atom. The van der Waals surface area contributed by atoms with Crippen molar-refractivity contribution in [3.05, 3.63) is 52.3 Å². The van der Waals surface area contributed by atoms with Crippen LogP contribution in [0, 0.1) is 27.7 Å². The second kappa shape index (κ2) is 5.62. The number of nitrogens with one attached hydrogen (secondary N) is 1. The Balaban J connectivity index is 2.50. The molecular weight excluding hydrogens is 232 g/mol. The molecule has 0 fully saturated rings. The summed E-state index contributed by atoms with van der Waals surface area (Å²) in [7, 11) is 0. The van der Waals surface area contributed by atoms with E-state index in [-0.39, 0.29) is 0 Å². The summed E-state index contributed by atoms with van der Waals surface area (Å²) in [6, 6.07) is 8.94. The number of hydrogen-bond donors (Lipinski definition) is 1. The maximum atomic E-state index is 3.41. The summed E-state index contributed by atoms with van der Waals surface area (Å²) in [4.78, 5) is 0. The van der Waals surface area contributed by atoms with Crippen LogP contribution < -0.4 is 5.32 Å². The molecule has 2 aromatic rings. The van der Waals surface area contributed by atoms with Gasteiger partial charge in [-0.1, -0.05) is 19.1 Å². The van der Waals surface area contributed by atoms with E-state index in [0.717, 1.165) is 13.1 Å². The van der Waals surface area contributed by atoms with Crippen molar-refractivity contribution in [2.24, 2.45) is 0 Å². The minimum absolute atomic E-state index is 0.945. The highest BCUT2D eigenvalue weighted by atomic mass is 15.0. The van der Waals surface area contributed by atoms with Gasteiger partial charge in [-0.15, -0.1) is 0 Å². The van der Waals surface area contributed by atoms with Gasteiger partial charge in [-0.2, -0.15) is 0 Å². The average Bonchev–Trinajstić information content (AvgIpc) is 2.65. The number of rotatable bonds is 4. The number of aryl methyl sites for hydroxylation is 3. The van der Waals surface area contributed by atoms with Crippen molar-refractivity contribution in [1.29, 1.82) is 0 Å². The van der Waals surface area contributed by atoms with Crippen LogP contribution in [0.25, 0.3) is 5.69 Å². The van der Waals surface area contributed by atoms with E-state index in [4.69, 9.17) is 0 Å². The van der Waals surface area contributed by atoms with Crippen LogP contribution in [0.2, 0.25) is 0 Å². The number of benzene rings is 1. The zero-order chi connectivity index (χ0) is 14.0. The molecule has 0 saturated carbocycles. The average molecular weight is 256 g/mol. The summed E-state index contributed by atoms with van der Waals surface area (Å²) < 4.78 is 2.37. The van der Waals surface area contributed by atoms with Crippen LogP contribution in [0.3, 0.4) is 0 Å². The second-order valence-corrected chi connectivity index (χ2v) is 5.30. The molecule has 0 radical (unpaired) electrons. The highest BCUT2D eigenvalue weighted by molar-refractivity contribution is 5.48. The van der Waals surface area contributed by atoms with Crippen molar-refractivity contribution in [3.8, 4) is 5.69 Å². The van der Waals surface area contributed by atoms with Crippen LogP contribution in [0.15, 0.2) is 24.3 Å². The van der Waals surface area contributed by atoms with Crippen molar-refractivity contribution in [2.45, 2.75) is 41.2 Å². The van der Waals surface area contributed by atoms with Crippen LogP contribution >= 0.6 is 0 Å². The van der Waals surface area contributed by atoms with Gasteiger partial charge in [-0.25, -0.2) is 0 Å². The standard InChI is InChI=1S/C17H24N2/c1-6-18-11-16-10-14(4)19(15(16)5)17-9-12(2)7-8-13(17)3/h7-10,18H,6,11H2,1-5H3. The summed E-state index contributed by atoms with van der Waals surface area (Å²) in [5, 5.41) is 3.41. The largest absolute Gasteiger partial charge is 0.318 e. The molecule has 1 N–H and O–H groups in total. The van der Waals surface area contributed by atoms with Crippen LogP contribution in [0.4, 0.5) is 0 Å². The lowest BCUT2D eigenvalue weighted by Crippen LogP contribution is -2.12. The van der Waals surface area contributed by atoms with E-state index in [1.807, 2.05) is 0 Å². The Kier molecular flexibility index (Phi) is 4.11. The van der Waals surface area contributed by atoms with Crippen molar-refractivity contribution >= 4 is 0 Å². The first kappa shape index (κ1) is 13.9. The lowest BCUT2D eigenvalue weighted by molar-refractivity contribution is 0.722. The molecule has 2 nitrogen and oxygen atoms in total. The Morgan fingerprint density at radius 1 is 1.05 bits per heavy atom. The summed E-state index contributed by atoms with van der Waals surface area (Å²) in [6.45, 7) is 12.8. The smallest absolute Gasteiger partial charge is 0.0486 e. The molecule has 102 valence electrons. The van der Waals surface area contributed by atoms with Gasteiger partial charge >= 0.3 is 0 Å². The molecule has 0 aliphatic carbocycles. The van der Waals surface area contributed by atoms with Gasteiger partial charge in [0.05, 0.1) is 0 Å². The lowest BCUT2D eigenvalue weighted by Gasteiger charge is -2.14. The van der Waals surface area contributed by atoms with Crippen molar-refractivity contribution < 1.29 is 0 Å². The molecule has 1 aromatic heterocycles. The molecule has 1 aromatic carbocycles. The molecule has 19 heavy (non-hydrogen) atoms. The van der Waals surface area contributed by atoms with E-state index in [1.54, 1.807) is 0 Å². The molecule has 1 heterocycles. The van der Waals surface area contributed by atoms with E-state index >= 15 is 0 Å². The molecule has 0 aliphatic heterocycles. The number of hydrogen-bond acceptors (Lipinski definition) is 1. The summed E-state index contributed by atoms with van der Waals surface area (Å²) >= 11 is 0. The number of aromatic nitrogens is 1. The summed E-state index contributed by atoms with van der Waals surface area (Å²) in [5.41, 5.74) is 7.97. The van der Waals surface area contributed by atoms with E-state index in [2.05, 4.69) is 68.8 Å². The molecular formula is C17H24N2. The SMILES string of the molecule is CCNCc1cc(C)n(-c2cc(C)ccc2C)c1C. The first-order chi connectivity index (χ1) is 9.04. The van der Waals surface area contributed by atoms with Gasteiger partial charge in [-0.05, 0) is 63.1 Å². The highest BCUT2D eigenvalue weighted by Gasteiger charge is 2.11. The van der Waals surface area contributed by atoms with Crippen LogP contribution in [0.1, 0.15) is 35.0 Å². The van der Waals surface area contributed by atoms with E-state index < -0.39 is 0 Å². The minimum Gasteiger partial charge on any atom is -0.318 e. The monoisotopic (exact) mass is 256 g/mol. The van der Waals surface area contributed by atoms with Gasteiger partial charge < -0.3 is 9.88 Å². The molecule has 0 atom stereocenters. The molecule has 0 amide bonds. The fourth-order valence-electron chi connectivity index (χ4n) is 2.60. The van der Waals surface area contributed by atoms with Gasteiger partial charge in [0.2, 0.25) is 0 Å². The fourth-order valence-corrected chi connectivity index (χ4v) is 2.60. The van der Waals surface area contributed by atoms with E-state index in [1.165, 1.54) is 33.8 Å². The summed E-state index contributed by atoms with van der Waals surface area (Å²) in [5.74, 6) is 0. The third kappa shape index (κ3) is 2.74. The zero-order valence-electron chi connectivity index (χ0n) is 12.7. The van der Waals surface area contributed by atoms with Crippen molar-refractivity contribution in [3.63, 3.8) is 0 Å². The third-order valence-electron chi connectivity index (χ3n) is 3.71. The normalized spacial score (nSPS) is 11.0. The minimum atomic E-state index is 0.945. The molecule has 0 aliphatic rings. The Hall–Kier alpha value is -1.54.